The zero-order chi connectivity index (χ0) is 16.6. The van der Waals surface area contributed by atoms with Gasteiger partial charge in [0.1, 0.15) is 6.04 Å². The number of carbonyl (C=O) groups is 2. The lowest BCUT2D eigenvalue weighted by atomic mass is 10.0. The van der Waals surface area contributed by atoms with Gasteiger partial charge in [-0.05, 0) is 39.2 Å². The summed E-state index contributed by atoms with van der Waals surface area (Å²) >= 11 is 1.50. The van der Waals surface area contributed by atoms with Gasteiger partial charge >= 0.3 is 5.97 Å². The van der Waals surface area contributed by atoms with Gasteiger partial charge in [0.05, 0.1) is 5.56 Å². The number of amides is 1. The fourth-order valence-electron chi connectivity index (χ4n) is 3.19. The Morgan fingerprint density at radius 2 is 2.13 bits per heavy atom. The summed E-state index contributed by atoms with van der Waals surface area (Å²) in [5.74, 6) is -1.13. The van der Waals surface area contributed by atoms with Gasteiger partial charge in [0, 0.05) is 29.5 Å². The van der Waals surface area contributed by atoms with Gasteiger partial charge in [-0.3, -0.25) is 9.36 Å². The van der Waals surface area contributed by atoms with E-state index in [1.165, 1.54) is 16.2 Å². The molecule has 7 heteroatoms. The van der Waals surface area contributed by atoms with Crippen LogP contribution in [0.25, 0.3) is 5.13 Å². The van der Waals surface area contributed by atoms with E-state index in [0.717, 1.165) is 29.4 Å². The third-order valence-corrected chi connectivity index (χ3v) is 5.08. The van der Waals surface area contributed by atoms with Crippen LogP contribution in [-0.2, 0) is 4.79 Å². The topological polar surface area (TPSA) is 75.4 Å². The summed E-state index contributed by atoms with van der Waals surface area (Å²) in [6, 6.07) is 1.10. The largest absolute Gasteiger partial charge is 0.480 e. The number of likely N-dealkylation sites (tertiary alicyclic amines) is 1. The van der Waals surface area contributed by atoms with Crippen LogP contribution in [0.5, 0.6) is 0 Å². The molecule has 1 N–H and O–H groups in total. The minimum Gasteiger partial charge on any atom is -0.480 e. The zero-order valence-corrected chi connectivity index (χ0v) is 14.0. The summed E-state index contributed by atoms with van der Waals surface area (Å²) in [4.78, 5) is 30.1. The Morgan fingerprint density at radius 1 is 1.35 bits per heavy atom. The number of aryl methyl sites for hydroxylation is 1. The quantitative estimate of drug-likeness (QED) is 0.937. The van der Waals surface area contributed by atoms with Gasteiger partial charge < -0.3 is 10.0 Å². The molecule has 6 nitrogen and oxygen atoms in total. The molecule has 0 aliphatic carbocycles. The molecule has 2 aromatic heterocycles. The van der Waals surface area contributed by atoms with Crippen molar-refractivity contribution in [3.63, 3.8) is 0 Å². The van der Waals surface area contributed by atoms with Crippen molar-refractivity contribution >= 4 is 23.2 Å². The van der Waals surface area contributed by atoms with Crippen molar-refractivity contribution in [2.45, 2.75) is 39.2 Å². The van der Waals surface area contributed by atoms with E-state index in [-0.39, 0.29) is 5.91 Å². The Balaban J connectivity index is 1.97. The highest BCUT2D eigenvalue weighted by Gasteiger charge is 2.34. The number of carbonyl (C=O) groups excluding carboxylic acids is 1. The number of piperidine rings is 1. The van der Waals surface area contributed by atoms with Gasteiger partial charge in [-0.2, -0.15) is 0 Å². The molecule has 1 atom stereocenters. The first kappa shape index (κ1) is 15.7. The Labute approximate surface area is 138 Å². The Bertz CT molecular complexity index is 736. The first-order chi connectivity index (χ1) is 11.0. The van der Waals surface area contributed by atoms with Crippen LogP contribution in [0.1, 0.15) is 41.0 Å². The van der Waals surface area contributed by atoms with Gasteiger partial charge in [-0.1, -0.05) is 0 Å². The van der Waals surface area contributed by atoms with Crippen molar-refractivity contribution in [2.24, 2.45) is 0 Å². The molecule has 3 heterocycles. The maximum atomic E-state index is 12.9. The van der Waals surface area contributed by atoms with E-state index in [0.29, 0.717) is 18.5 Å². The number of rotatable bonds is 3. The highest BCUT2D eigenvalue weighted by Crippen LogP contribution is 2.26. The molecule has 1 fully saturated rings. The van der Waals surface area contributed by atoms with Gasteiger partial charge in [0.2, 0.25) is 0 Å². The van der Waals surface area contributed by atoms with E-state index in [1.807, 2.05) is 29.9 Å². The molecular formula is C16H19N3O3S. The maximum absolute atomic E-state index is 12.9. The number of carboxylic acids is 1. The lowest BCUT2D eigenvalue weighted by Crippen LogP contribution is -2.48. The molecule has 2 aromatic rings. The summed E-state index contributed by atoms with van der Waals surface area (Å²) in [6.45, 7) is 4.30. The molecule has 1 unspecified atom stereocenters. The molecule has 1 aliphatic rings. The van der Waals surface area contributed by atoms with Crippen molar-refractivity contribution in [1.29, 1.82) is 0 Å². The number of nitrogens with zero attached hydrogens (tertiary/aromatic N) is 3. The second-order valence-corrected chi connectivity index (χ2v) is 6.66. The Hall–Kier alpha value is -2.15. The van der Waals surface area contributed by atoms with Crippen molar-refractivity contribution in [2.75, 3.05) is 6.54 Å². The average Bonchev–Trinajstić information content (AvgIpc) is 3.14. The summed E-state index contributed by atoms with van der Waals surface area (Å²) in [6.07, 6.45) is 3.94. The number of aliphatic carboxylic acids is 1. The van der Waals surface area contributed by atoms with Crippen LogP contribution in [0.15, 0.2) is 17.6 Å². The molecule has 1 amide bonds. The van der Waals surface area contributed by atoms with Crippen molar-refractivity contribution in [3.8, 4) is 5.13 Å². The molecule has 1 saturated heterocycles. The predicted molar refractivity (Wildman–Crippen MR) is 87.2 cm³/mol. The van der Waals surface area contributed by atoms with Crippen molar-refractivity contribution in [3.05, 3.63) is 34.6 Å². The molecule has 0 bridgehead atoms. The maximum Gasteiger partial charge on any atom is 0.326 e. The summed E-state index contributed by atoms with van der Waals surface area (Å²) in [5.41, 5.74) is 2.28. The normalized spacial score (nSPS) is 18.2. The molecule has 0 radical (unpaired) electrons. The third-order valence-electron chi connectivity index (χ3n) is 4.32. The van der Waals surface area contributed by atoms with E-state index in [1.54, 1.807) is 6.20 Å². The van der Waals surface area contributed by atoms with Crippen LogP contribution in [0, 0.1) is 13.8 Å². The summed E-state index contributed by atoms with van der Waals surface area (Å²) in [7, 11) is 0. The first-order valence-corrected chi connectivity index (χ1v) is 8.51. The molecule has 122 valence electrons. The Kier molecular flexibility index (Phi) is 4.21. The fourth-order valence-corrected chi connectivity index (χ4v) is 3.94. The van der Waals surface area contributed by atoms with Crippen LogP contribution in [0.2, 0.25) is 0 Å². The van der Waals surface area contributed by atoms with Crippen LogP contribution >= 0.6 is 11.3 Å². The van der Waals surface area contributed by atoms with Gasteiger partial charge in [0.15, 0.2) is 5.13 Å². The number of thiazole rings is 1. The standard InChI is InChI=1S/C16H19N3O3S/c1-10-9-12(11(2)19(10)16-17-6-8-23-16)14(20)18-7-4-3-5-13(18)15(21)22/h6,8-9,13H,3-5,7H2,1-2H3,(H,21,22). The monoisotopic (exact) mass is 333 g/mol. The van der Waals surface area contributed by atoms with Gasteiger partial charge in [-0.15, -0.1) is 11.3 Å². The Morgan fingerprint density at radius 3 is 2.78 bits per heavy atom. The third kappa shape index (κ3) is 2.76. The molecule has 0 aromatic carbocycles. The van der Waals surface area contributed by atoms with Crippen LogP contribution in [-0.4, -0.2) is 44.0 Å². The highest BCUT2D eigenvalue weighted by atomic mass is 32.1. The number of hydrogen-bond acceptors (Lipinski definition) is 4. The molecule has 1 aliphatic heterocycles. The predicted octanol–water partition coefficient (Wildman–Crippen LogP) is 2.63. The molecule has 0 spiro atoms. The molecule has 3 rings (SSSR count). The van der Waals surface area contributed by atoms with Crippen LogP contribution in [0.4, 0.5) is 0 Å². The number of carboxylic acid groups (broad SMARTS) is 1. The zero-order valence-electron chi connectivity index (χ0n) is 13.2. The number of aromatic nitrogens is 2. The minimum absolute atomic E-state index is 0.201. The SMILES string of the molecule is Cc1cc(C(=O)N2CCCCC2C(=O)O)c(C)n1-c1nccs1. The van der Waals surface area contributed by atoms with Gasteiger partial charge in [0.25, 0.3) is 5.91 Å². The van der Waals surface area contributed by atoms with E-state index in [2.05, 4.69) is 4.98 Å². The van der Waals surface area contributed by atoms with Crippen molar-refractivity contribution in [1.82, 2.24) is 14.5 Å². The first-order valence-electron chi connectivity index (χ1n) is 7.63. The lowest BCUT2D eigenvalue weighted by molar-refractivity contribution is -0.143. The molecule has 0 saturated carbocycles. The van der Waals surface area contributed by atoms with Crippen molar-refractivity contribution < 1.29 is 14.7 Å². The molecular weight excluding hydrogens is 314 g/mol. The van der Waals surface area contributed by atoms with E-state index < -0.39 is 12.0 Å². The average molecular weight is 333 g/mol. The summed E-state index contributed by atoms with van der Waals surface area (Å²) < 4.78 is 1.94. The second kappa shape index (κ2) is 6.16. The van der Waals surface area contributed by atoms with Gasteiger partial charge in [-0.25, -0.2) is 9.78 Å². The highest BCUT2D eigenvalue weighted by molar-refractivity contribution is 7.12. The summed E-state index contributed by atoms with van der Waals surface area (Å²) in [5, 5.41) is 12.1. The second-order valence-electron chi connectivity index (χ2n) is 5.78. The number of hydrogen-bond donors (Lipinski definition) is 1. The lowest BCUT2D eigenvalue weighted by Gasteiger charge is -2.33. The van der Waals surface area contributed by atoms with Crippen LogP contribution in [0.3, 0.4) is 0 Å². The smallest absolute Gasteiger partial charge is 0.326 e. The van der Waals surface area contributed by atoms with E-state index in [9.17, 15) is 14.7 Å². The molecule has 23 heavy (non-hydrogen) atoms. The minimum atomic E-state index is -0.924. The van der Waals surface area contributed by atoms with Crippen LogP contribution < -0.4 is 0 Å². The fraction of sp³-hybridized carbons (Fsp3) is 0.438. The van der Waals surface area contributed by atoms with E-state index >= 15 is 0 Å². The van der Waals surface area contributed by atoms with E-state index in [4.69, 9.17) is 0 Å².